The Kier molecular flexibility index (Phi) is 4.67. The van der Waals surface area contributed by atoms with Crippen LogP contribution in [0, 0.1) is 5.41 Å². The second kappa shape index (κ2) is 6.78. The van der Waals surface area contributed by atoms with Crippen LogP contribution in [0.3, 0.4) is 0 Å². The fraction of sp³-hybridized carbons (Fsp3) is 0.278. The van der Waals surface area contributed by atoms with Gasteiger partial charge in [-0.15, -0.1) is 0 Å². The van der Waals surface area contributed by atoms with Gasteiger partial charge in [-0.1, -0.05) is 12.1 Å². The van der Waals surface area contributed by atoms with Gasteiger partial charge in [-0.05, 0) is 43.2 Å². The van der Waals surface area contributed by atoms with Crippen LogP contribution in [0.5, 0.6) is 0 Å². The lowest BCUT2D eigenvalue weighted by Gasteiger charge is -2.16. The van der Waals surface area contributed by atoms with Crippen LogP contribution in [0.1, 0.15) is 24.1 Å². The molecule has 2 aromatic rings. The number of amides is 2. The third-order valence-corrected chi connectivity index (χ3v) is 4.22. The van der Waals surface area contributed by atoms with E-state index in [-0.39, 0.29) is 12.2 Å². The molecule has 1 heterocycles. The quantitative estimate of drug-likeness (QED) is 0.802. The molecule has 1 saturated carbocycles. The minimum Gasteiger partial charge on any atom is -0.350 e. The van der Waals surface area contributed by atoms with Crippen LogP contribution < -0.4 is 10.6 Å². The lowest BCUT2D eigenvalue weighted by molar-refractivity contribution is -0.138. The molecule has 0 saturated heterocycles. The third kappa shape index (κ3) is 3.84. The van der Waals surface area contributed by atoms with E-state index >= 15 is 0 Å². The molecule has 1 fully saturated rings. The Morgan fingerprint density at radius 3 is 2.46 bits per heavy atom. The maximum absolute atomic E-state index is 12.8. The fourth-order valence-corrected chi connectivity index (χ4v) is 2.55. The predicted molar refractivity (Wildman–Crippen MR) is 87.8 cm³/mol. The number of hydrogen-bond acceptors (Lipinski definition) is 3. The molecule has 1 aromatic heterocycles. The number of rotatable bonds is 5. The van der Waals surface area contributed by atoms with Gasteiger partial charge in [0.05, 0.1) is 17.8 Å². The number of alkyl halides is 3. The van der Waals surface area contributed by atoms with Crippen LogP contribution in [0.4, 0.5) is 18.9 Å². The Balaban J connectivity index is 1.64. The summed E-state index contributed by atoms with van der Waals surface area (Å²) in [6.45, 7) is 0.179. The molecule has 1 aliphatic carbocycles. The molecule has 0 spiro atoms. The van der Waals surface area contributed by atoms with Crippen molar-refractivity contribution < 1.29 is 22.8 Å². The second-order valence-corrected chi connectivity index (χ2v) is 6.12. The van der Waals surface area contributed by atoms with Crippen LogP contribution in [0.25, 0.3) is 0 Å². The maximum Gasteiger partial charge on any atom is 0.416 e. The topological polar surface area (TPSA) is 71.1 Å². The van der Waals surface area contributed by atoms with Crippen molar-refractivity contribution in [2.24, 2.45) is 5.41 Å². The summed E-state index contributed by atoms with van der Waals surface area (Å²) in [6.07, 6.45) is -2.20. The molecule has 0 bridgehead atoms. The van der Waals surface area contributed by atoms with Crippen LogP contribution in [0.15, 0.2) is 48.7 Å². The summed E-state index contributed by atoms with van der Waals surface area (Å²) in [5, 5.41) is 5.08. The zero-order valence-electron chi connectivity index (χ0n) is 13.6. The number of nitrogens with zero attached hydrogens (tertiary/aromatic N) is 1. The first-order chi connectivity index (χ1) is 12.3. The Morgan fingerprint density at radius 2 is 1.85 bits per heavy atom. The van der Waals surface area contributed by atoms with Crippen LogP contribution in [-0.4, -0.2) is 16.8 Å². The summed E-state index contributed by atoms with van der Waals surface area (Å²) in [5.41, 5.74) is -1.44. The largest absolute Gasteiger partial charge is 0.416 e. The molecule has 2 N–H and O–H groups in total. The first-order valence-corrected chi connectivity index (χ1v) is 7.98. The molecule has 1 aromatic carbocycles. The molecule has 0 unspecified atom stereocenters. The lowest BCUT2D eigenvalue weighted by Crippen LogP contribution is -2.39. The first kappa shape index (κ1) is 17.9. The molecule has 26 heavy (non-hydrogen) atoms. The molecular weight excluding hydrogens is 347 g/mol. The number of aromatic nitrogens is 1. The number of anilines is 1. The normalized spacial score (nSPS) is 15.2. The summed E-state index contributed by atoms with van der Waals surface area (Å²) in [6, 6.07) is 9.59. The number of halogens is 3. The van der Waals surface area contributed by atoms with Gasteiger partial charge in [0.1, 0.15) is 5.41 Å². The third-order valence-electron chi connectivity index (χ3n) is 4.22. The van der Waals surface area contributed by atoms with Crippen molar-refractivity contribution in [1.82, 2.24) is 10.3 Å². The monoisotopic (exact) mass is 363 g/mol. The van der Waals surface area contributed by atoms with Crippen LogP contribution in [0.2, 0.25) is 0 Å². The SMILES string of the molecule is O=C(NCc1ccccn1)C1(C(=O)Nc2cccc(C(F)(F)F)c2)CC1. The molecule has 2 amide bonds. The fourth-order valence-electron chi connectivity index (χ4n) is 2.55. The highest BCUT2D eigenvalue weighted by atomic mass is 19.4. The molecule has 136 valence electrons. The van der Waals surface area contributed by atoms with Crippen molar-refractivity contribution in [2.75, 3.05) is 5.32 Å². The zero-order valence-corrected chi connectivity index (χ0v) is 13.6. The first-order valence-electron chi connectivity index (χ1n) is 7.98. The van der Waals surface area contributed by atoms with E-state index in [1.807, 2.05) is 0 Å². The average molecular weight is 363 g/mol. The van der Waals surface area contributed by atoms with Gasteiger partial charge in [0.25, 0.3) is 0 Å². The average Bonchev–Trinajstić information content (AvgIpc) is 3.42. The summed E-state index contributed by atoms with van der Waals surface area (Å²) in [4.78, 5) is 28.9. The minimum atomic E-state index is -4.50. The van der Waals surface area contributed by atoms with Gasteiger partial charge in [-0.3, -0.25) is 14.6 Å². The molecule has 5 nitrogen and oxygen atoms in total. The van der Waals surface area contributed by atoms with E-state index < -0.39 is 29.0 Å². The Hall–Kier alpha value is -2.90. The summed E-state index contributed by atoms with van der Waals surface area (Å²) >= 11 is 0. The summed E-state index contributed by atoms with van der Waals surface area (Å²) in [7, 11) is 0. The highest BCUT2D eigenvalue weighted by Gasteiger charge is 2.56. The smallest absolute Gasteiger partial charge is 0.350 e. The van der Waals surface area contributed by atoms with Crippen molar-refractivity contribution >= 4 is 17.5 Å². The Bertz CT molecular complexity index is 818. The second-order valence-electron chi connectivity index (χ2n) is 6.12. The van der Waals surface area contributed by atoms with Crippen LogP contribution in [-0.2, 0) is 22.3 Å². The van der Waals surface area contributed by atoms with Crippen molar-refractivity contribution in [3.05, 3.63) is 59.9 Å². The molecule has 1 aliphatic rings. The van der Waals surface area contributed by atoms with Crippen LogP contribution >= 0.6 is 0 Å². The van der Waals surface area contributed by atoms with Crippen molar-refractivity contribution in [2.45, 2.75) is 25.6 Å². The zero-order chi connectivity index (χ0) is 18.8. The highest BCUT2D eigenvalue weighted by Crippen LogP contribution is 2.47. The molecular formula is C18H16F3N3O2. The van der Waals surface area contributed by atoms with Gasteiger partial charge in [-0.25, -0.2) is 0 Å². The minimum absolute atomic E-state index is 0.00799. The number of nitrogens with one attached hydrogen (secondary N) is 2. The highest BCUT2D eigenvalue weighted by molar-refractivity contribution is 6.13. The van der Waals surface area contributed by atoms with E-state index in [2.05, 4.69) is 15.6 Å². The molecule has 0 aliphatic heterocycles. The summed E-state index contributed by atoms with van der Waals surface area (Å²) in [5.74, 6) is -1.05. The predicted octanol–water partition coefficient (Wildman–Crippen LogP) is 3.14. The van der Waals surface area contributed by atoms with Gasteiger partial charge in [-0.2, -0.15) is 13.2 Å². The van der Waals surface area contributed by atoms with Gasteiger partial charge in [0.2, 0.25) is 11.8 Å². The summed E-state index contributed by atoms with van der Waals surface area (Å²) < 4.78 is 38.3. The standard InChI is InChI=1S/C18H16F3N3O2/c19-18(20,21)12-4-3-6-13(10-12)24-16(26)17(7-8-17)15(25)23-11-14-5-1-2-9-22-14/h1-6,9-10H,7-8,11H2,(H,23,25)(H,24,26). The lowest BCUT2D eigenvalue weighted by atomic mass is 10.0. The molecule has 3 rings (SSSR count). The number of benzene rings is 1. The van der Waals surface area contributed by atoms with E-state index in [1.165, 1.54) is 12.1 Å². The van der Waals surface area contributed by atoms with Crippen molar-refractivity contribution in [3.63, 3.8) is 0 Å². The Morgan fingerprint density at radius 1 is 1.08 bits per heavy atom. The van der Waals surface area contributed by atoms with Crippen molar-refractivity contribution in [1.29, 1.82) is 0 Å². The maximum atomic E-state index is 12.8. The van der Waals surface area contributed by atoms with Crippen molar-refractivity contribution in [3.8, 4) is 0 Å². The molecule has 0 radical (unpaired) electrons. The van der Waals surface area contributed by atoms with E-state index in [0.717, 1.165) is 12.1 Å². The van der Waals surface area contributed by atoms with E-state index in [9.17, 15) is 22.8 Å². The van der Waals surface area contributed by atoms with E-state index in [0.29, 0.717) is 18.5 Å². The van der Waals surface area contributed by atoms with Gasteiger partial charge in [0.15, 0.2) is 0 Å². The molecule has 0 atom stereocenters. The van der Waals surface area contributed by atoms with E-state index in [1.54, 1.807) is 24.4 Å². The van der Waals surface area contributed by atoms with Gasteiger partial charge < -0.3 is 10.6 Å². The number of pyridine rings is 1. The van der Waals surface area contributed by atoms with Gasteiger partial charge in [0, 0.05) is 11.9 Å². The van der Waals surface area contributed by atoms with Gasteiger partial charge >= 0.3 is 6.18 Å². The number of carbonyl (C=O) groups is 2. The number of hydrogen-bond donors (Lipinski definition) is 2. The van der Waals surface area contributed by atoms with E-state index in [4.69, 9.17) is 0 Å². The number of carbonyl (C=O) groups excluding carboxylic acids is 2. The molecule has 8 heteroatoms. The Labute approximate surface area is 147 Å².